The second-order valence-corrected chi connectivity index (χ2v) is 8.71. The molecule has 31 heavy (non-hydrogen) atoms. The van der Waals surface area contributed by atoms with Gasteiger partial charge in [0.05, 0.1) is 0 Å². The molecule has 0 aliphatic heterocycles. The van der Waals surface area contributed by atoms with Gasteiger partial charge < -0.3 is 15.0 Å². The molecule has 1 N–H and O–H groups in total. The van der Waals surface area contributed by atoms with Crippen molar-refractivity contribution in [3.63, 3.8) is 0 Å². The van der Waals surface area contributed by atoms with Crippen LogP contribution in [0.15, 0.2) is 48.5 Å². The Kier molecular flexibility index (Phi) is 8.35. The maximum Gasteiger partial charge on any atom is 0.261 e. The molecule has 3 rings (SSSR count). The third-order valence-corrected chi connectivity index (χ3v) is 5.98. The van der Waals surface area contributed by atoms with Crippen LogP contribution in [-0.2, 0) is 16.1 Å². The molecule has 2 aromatic carbocycles. The van der Waals surface area contributed by atoms with E-state index < -0.39 is 6.04 Å². The van der Waals surface area contributed by atoms with Gasteiger partial charge in [0.25, 0.3) is 5.91 Å². The number of hydrogen-bond acceptors (Lipinski definition) is 3. The molecule has 0 radical (unpaired) electrons. The number of hydrogen-bond donors (Lipinski definition) is 1. The summed E-state index contributed by atoms with van der Waals surface area (Å²) in [5.74, 6) is 0.217. The minimum Gasteiger partial charge on any atom is -0.484 e. The average molecular weight is 443 g/mol. The van der Waals surface area contributed by atoms with E-state index in [0.29, 0.717) is 17.3 Å². The van der Waals surface area contributed by atoms with Gasteiger partial charge in [-0.15, -0.1) is 0 Å². The van der Waals surface area contributed by atoms with Gasteiger partial charge >= 0.3 is 0 Å². The Hall–Kier alpha value is -2.53. The van der Waals surface area contributed by atoms with Crippen LogP contribution in [0.25, 0.3) is 0 Å². The Morgan fingerprint density at radius 2 is 1.84 bits per heavy atom. The van der Waals surface area contributed by atoms with E-state index in [-0.39, 0.29) is 24.5 Å². The van der Waals surface area contributed by atoms with Gasteiger partial charge in [0, 0.05) is 17.6 Å². The number of aryl methyl sites for hydroxylation is 1. The average Bonchev–Trinajstić information content (AvgIpc) is 2.77. The lowest BCUT2D eigenvalue weighted by Crippen LogP contribution is -2.51. The second kappa shape index (κ2) is 11.2. The van der Waals surface area contributed by atoms with E-state index in [2.05, 4.69) is 5.32 Å². The van der Waals surface area contributed by atoms with Gasteiger partial charge in [0.2, 0.25) is 5.91 Å². The van der Waals surface area contributed by atoms with Crippen molar-refractivity contribution in [2.75, 3.05) is 6.61 Å². The molecule has 0 bridgehead atoms. The van der Waals surface area contributed by atoms with Gasteiger partial charge in [-0.2, -0.15) is 0 Å². The predicted molar refractivity (Wildman–Crippen MR) is 123 cm³/mol. The molecule has 6 heteroatoms. The number of nitrogens with zero attached hydrogens (tertiary/aromatic N) is 1. The minimum atomic E-state index is -0.594. The van der Waals surface area contributed by atoms with Crippen LogP contribution in [0, 0.1) is 6.92 Å². The quantitative estimate of drug-likeness (QED) is 0.633. The summed E-state index contributed by atoms with van der Waals surface area (Å²) in [7, 11) is 0. The highest BCUT2D eigenvalue weighted by molar-refractivity contribution is 6.30. The Balaban J connectivity index is 1.70. The summed E-state index contributed by atoms with van der Waals surface area (Å²) in [6.45, 7) is 4.00. The van der Waals surface area contributed by atoms with Crippen molar-refractivity contribution in [2.24, 2.45) is 0 Å². The van der Waals surface area contributed by atoms with Gasteiger partial charge in [0.1, 0.15) is 11.8 Å². The lowest BCUT2D eigenvalue weighted by Gasteiger charge is -2.31. The van der Waals surface area contributed by atoms with Crippen LogP contribution in [0.1, 0.15) is 50.2 Å². The fourth-order valence-corrected chi connectivity index (χ4v) is 4.04. The number of amides is 2. The number of halogens is 1. The lowest BCUT2D eigenvalue weighted by atomic mass is 9.95. The number of carbonyl (C=O) groups is 2. The molecule has 2 aromatic rings. The van der Waals surface area contributed by atoms with Crippen molar-refractivity contribution in [3.05, 3.63) is 64.7 Å². The molecular weight excluding hydrogens is 412 g/mol. The van der Waals surface area contributed by atoms with Gasteiger partial charge in [-0.25, -0.2) is 0 Å². The summed E-state index contributed by atoms with van der Waals surface area (Å²) in [6, 6.07) is 14.5. The van der Waals surface area contributed by atoms with Gasteiger partial charge in [-0.1, -0.05) is 60.7 Å². The molecule has 0 heterocycles. The second-order valence-electron chi connectivity index (χ2n) is 8.27. The summed E-state index contributed by atoms with van der Waals surface area (Å²) < 4.78 is 5.66. The molecule has 0 unspecified atom stereocenters. The molecule has 0 aromatic heterocycles. The molecule has 0 spiro atoms. The van der Waals surface area contributed by atoms with Crippen LogP contribution in [0.2, 0.25) is 5.02 Å². The standard InChI is InChI=1S/C25H31ClN2O3/c1-18-7-6-8-20(15-18)16-28(19(2)25(30)27-22-9-4-3-5-10-22)24(29)17-31-23-13-11-21(26)12-14-23/h6-8,11-15,19,22H,3-5,9-10,16-17H2,1-2H3,(H,27,30)/t19-/m0/s1. The lowest BCUT2D eigenvalue weighted by molar-refractivity contribution is -0.142. The largest absolute Gasteiger partial charge is 0.484 e. The van der Waals surface area contributed by atoms with Crippen molar-refractivity contribution in [1.82, 2.24) is 10.2 Å². The third kappa shape index (κ3) is 7.00. The highest BCUT2D eigenvalue weighted by atomic mass is 35.5. The first-order chi connectivity index (χ1) is 14.9. The Morgan fingerprint density at radius 1 is 1.13 bits per heavy atom. The van der Waals surface area contributed by atoms with Gasteiger partial charge in [-0.3, -0.25) is 9.59 Å². The van der Waals surface area contributed by atoms with E-state index in [1.807, 2.05) is 31.2 Å². The molecule has 1 aliphatic carbocycles. The first kappa shape index (κ1) is 23.1. The summed E-state index contributed by atoms with van der Waals surface area (Å²) in [5, 5.41) is 3.75. The van der Waals surface area contributed by atoms with E-state index in [0.717, 1.165) is 36.8 Å². The molecule has 1 aliphatic rings. The van der Waals surface area contributed by atoms with Crippen LogP contribution in [-0.4, -0.2) is 35.4 Å². The molecule has 1 atom stereocenters. The smallest absolute Gasteiger partial charge is 0.261 e. The van der Waals surface area contributed by atoms with Gasteiger partial charge in [0.15, 0.2) is 6.61 Å². The molecule has 166 valence electrons. The number of ether oxygens (including phenoxy) is 1. The molecular formula is C25H31ClN2O3. The van der Waals surface area contributed by atoms with Crippen molar-refractivity contribution in [2.45, 2.75) is 64.6 Å². The van der Waals surface area contributed by atoms with E-state index in [9.17, 15) is 9.59 Å². The van der Waals surface area contributed by atoms with E-state index in [1.54, 1.807) is 36.1 Å². The fourth-order valence-electron chi connectivity index (χ4n) is 3.92. The topological polar surface area (TPSA) is 58.6 Å². The van der Waals surface area contributed by atoms with Crippen molar-refractivity contribution < 1.29 is 14.3 Å². The number of rotatable bonds is 8. The van der Waals surface area contributed by atoms with E-state index in [4.69, 9.17) is 16.3 Å². The first-order valence-electron chi connectivity index (χ1n) is 11.0. The van der Waals surface area contributed by atoms with E-state index >= 15 is 0 Å². The summed E-state index contributed by atoms with van der Waals surface area (Å²) in [5.41, 5.74) is 2.10. The zero-order valence-corrected chi connectivity index (χ0v) is 19.0. The monoisotopic (exact) mass is 442 g/mol. The molecule has 1 fully saturated rings. The fraction of sp³-hybridized carbons (Fsp3) is 0.440. The predicted octanol–water partition coefficient (Wildman–Crippen LogP) is 4.89. The maximum absolute atomic E-state index is 13.1. The SMILES string of the molecule is Cc1cccc(CN(C(=O)COc2ccc(Cl)cc2)[C@@H](C)C(=O)NC2CCCCC2)c1. The van der Waals surface area contributed by atoms with Crippen LogP contribution in [0.3, 0.4) is 0 Å². The zero-order valence-electron chi connectivity index (χ0n) is 18.3. The van der Waals surface area contributed by atoms with Crippen LogP contribution >= 0.6 is 11.6 Å². The van der Waals surface area contributed by atoms with Crippen molar-refractivity contribution >= 4 is 23.4 Å². The number of carbonyl (C=O) groups excluding carboxylic acids is 2. The van der Waals surface area contributed by atoms with Crippen molar-refractivity contribution in [1.29, 1.82) is 0 Å². The molecule has 2 amide bonds. The van der Waals surface area contributed by atoms with Crippen LogP contribution in [0.5, 0.6) is 5.75 Å². The summed E-state index contributed by atoms with van der Waals surface area (Å²) in [6.07, 6.45) is 5.51. The van der Waals surface area contributed by atoms with Crippen LogP contribution < -0.4 is 10.1 Å². The Bertz CT molecular complexity index is 879. The van der Waals surface area contributed by atoms with Crippen LogP contribution in [0.4, 0.5) is 0 Å². The van der Waals surface area contributed by atoms with Gasteiger partial charge in [-0.05, 0) is 56.5 Å². The molecule has 0 saturated heterocycles. The number of benzene rings is 2. The first-order valence-corrected chi connectivity index (χ1v) is 11.3. The molecule has 1 saturated carbocycles. The summed E-state index contributed by atoms with van der Waals surface area (Å²) in [4.78, 5) is 27.7. The maximum atomic E-state index is 13.1. The zero-order chi connectivity index (χ0) is 22.2. The van der Waals surface area contributed by atoms with E-state index in [1.165, 1.54) is 6.42 Å². The number of nitrogens with one attached hydrogen (secondary N) is 1. The minimum absolute atomic E-state index is 0.112. The van der Waals surface area contributed by atoms with Crippen molar-refractivity contribution in [3.8, 4) is 5.75 Å². The third-order valence-electron chi connectivity index (χ3n) is 5.73. The highest BCUT2D eigenvalue weighted by Crippen LogP contribution is 2.19. The molecule has 5 nitrogen and oxygen atoms in total. The highest BCUT2D eigenvalue weighted by Gasteiger charge is 2.28. The normalized spacial score (nSPS) is 15.2. The Labute approximate surface area is 189 Å². The Morgan fingerprint density at radius 3 is 2.52 bits per heavy atom. The summed E-state index contributed by atoms with van der Waals surface area (Å²) >= 11 is 5.91.